The fourth-order valence-electron chi connectivity index (χ4n) is 4.96. The van der Waals surface area contributed by atoms with Gasteiger partial charge in [0.15, 0.2) is 11.6 Å². The van der Waals surface area contributed by atoms with Gasteiger partial charge in [-0.3, -0.25) is 0 Å². The molecule has 4 heterocycles. The molecule has 2 aromatic heterocycles. The monoisotopic (exact) mass is 547 g/mol. The number of hydrogen-bond acceptors (Lipinski definition) is 9. The highest BCUT2D eigenvalue weighted by atomic mass is 19.4. The molecular weight excluding hydrogens is 515 g/mol. The van der Waals surface area contributed by atoms with Crippen LogP contribution in [0.25, 0.3) is 11.4 Å². The molecule has 5 rings (SSSR count). The first kappa shape index (κ1) is 27.3. The van der Waals surface area contributed by atoms with E-state index in [1.54, 1.807) is 13.1 Å². The molecule has 2 atom stereocenters. The predicted molar refractivity (Wildman–Crippen MR) is 136 cm³/mol. The molecule has 0 aliphatic carbocycles. The zero-order valence-corrected chi connectivity index (χ0v) is 21.9. The SMILES string of the molecule is CNCC(O)COc1cccc(-c2nc(C[C@@H]3CCOC3)c(C)c(N3CCn4c(nnc4C(F)(F)F)C3)n2)c1. The predicted octanol–water partition coefficient (Wildman–Crippen LogP) is 2.62. The van der Waals surface area contributed by atoms with Crippen molar-refractivity contribution in [2.45, 2.75) is 45.1 Å². The van der Waals surface area contributed by atoms with Crippen molar-refractivity contribution < 1.29 is 27.8 Å². The summed E-state index contributed by atoms with van der Waals surface area (Å²) in [6.45, 7) is 4.45. The number of aliphatic hydroxyl groups excluding tert-OH is 1. The van der Waals surface area contributed by atoms with Crippen LogP contribution in [-0.2, 0) is 30.4 Å². The van der Waals surface area contributed by atoms with Gasteiger partial charge in [-0.15, -0.1) is 10.2 Å². The zero-order chi connectivity index (χ0) is 27.6. The normalized spacial score (nSPS) is 18.3. The van der Waals surface area contributed by atoms with Gasteiger partial charge in [0.05, 0.1) is 6.54 Å². The molecule has 0 amide bonds. The van der Waals surface area contributed by atoms with Crippen LogP contribution in [0.15, 0.2) is 24.3 Å². The smallest absolute Gasteiger partial charge is 0.451 e. The van der Waals surface area contributed by atoms with Crippen molar-refractivity contribution in [1.29, 1.82) is 0 Å². The minimum absolute atomic E-state index is 0.0972. The average Bonchev–Trinajstić information content (AvgIpc) is 3.58. The van der Waals surface area contributed by atoms with Crippen LogP contribution >= 0.6 is 0 Å². The molecule has 210 valence electrons. The molecule has 39 heavy (non-hydrogen) atoms. The largest absolute Gasteiger partial charge is 0.491 e. The summed E-state index contributed by atoms with van der Waals surface area (Å²) in [5.41, 5.74) is 2.50. The van der Waals surface area contributed by atoms with Gasteiger partial charge in [0.2, 0.25) is 5.82 Å². The molecule has 3 aromatic rings. The number of aromatic nitrogens is 5. The van der Waals surface area contributed by atoms with Crippen molar-refractivity contribution in [3.63, 3.8) is 0 Å². The molecule has 10 nitrogen and oxygen atoms in total. The summed E-state index contributed by atoms with van der Waals surface area (Å²) in [5.74, 6) is 1.33. The van der Waals surface area contributed by atoms with Crippen molar-refractivity contribution in [3.8, 4) is 17.1 Å². The summed E-state index contributed by atoms with van der Waals surface area (Å²) in [5, 5.41) is 20.1. The van der Waals surface area contributed by atoms with Gasteiger partial charge in [0.1, 0.15) is 24.3 Å². The van der Waals surface area contributed by atoms with E-state index in [1.165, 1.54) is 0 Å². The highest BCUT2D eigenvalue weighted by molar-refractivity contribution is 5.62. The van der Waals surface area contributed by atoms with E-state index in [4.69, 9.17) is 19.4 Å². The lowest BCUT2D eigenvalue weighted by Gasteiger charge is -2.31. The lowest BCUT2D eigenvalue weighted by atomic mass is 9.99. The summed E-state index contributed by atoms with van der Waals surface area (Å²) < 4.78 is 52.6. The van der Waals surface area contributed by atoms with Crippen LogP contribution in [0.4, 0.5) is 19.0 Å². The summed E-state index contributed by atoms with van der Waals surface area (Å²) >= 11 is 0. The third-order valence-corrected chi connectivity index (χ3v) is 7.01. The number of anilines is 1. The molecule has 1 fully saturated rings. The Morgan fingerprint density at radius 3 is 2.82 bits per heavy atom. The fourth-order valence-corrected chi connectivity index (χ4v) is 4.96. The Labute approximate surface area is 224 Å². The number of likely N-dealkylation sites (N-methyl/N-ethyl adjacent to an activating group) is 1. The van der Waals surface area contributed by atoms with Gasteiger partial charge in [0.25, 0.3) is 0 Å². The first-order chi connectivity index (χ1) is 18.7. The Balaban J connectivity index is 1.47. The first-order valence-corrected chi connectivity index (χ1v) is 13.0. The Bertz CT molecular complexity index is 1290. The molecule has 0 bridgehead atoms. The quantitative estimate of drug-likeness (QED) is 0.418. The second-order valence-electron chi connectivity index (χ2n) is 9.94. The van der Waals surface area contributed by atoms with Crippen LogP contribution in [0.3, 0.4) is 0 Å². The lowest BCUT2D eigenvalue weighted by molar-refractivity contribution is -0.147. The molecule has 2 aliphatic rings. The van der Waals surface area contributed by atoms with E-state index in [2.05, 4.69) is 15.5 Å². The number of nitrogens with one attached hydrogen (secondary N) is 1. The number of nitrogens with zero attached hydrogens (tertiary/aromatic N) is 6. The third-order valence-electron chi connectivity index (χ3n) is 7.01. The number of aliphatic hydroxyl groups is 1. The summed E-state index contributed by atoms with van der Waals surface area (Å²) in [7, 11) is 1.76. The second-order valence-corrected chi connectivity index (χ2v) is 9.94. The molecule has 2 aliphatic heterocycles. The standard InChI is InChI=1S/C26H32F3N7O3/c1-16-21(10-17-6-9-38-14-17)31-23(18-4-3-5-20(11-18)39-15-19(37)12-30-2)32-24(16)35-7-8-36-22(13-35)33-34-25(36)26(27,28)29/h3-5,11,17,19,30,37H,6-10,12-15H2,1-2H3/t17-,19?/m0/s1. The van der Waals surface area contributed by atoms with Gasteiger partial charge < -0.3 is 29.4 Å². The number of ether oxygens (including phenoxy) is 2. The Morgan fingerprint density at radius 2 is 2.08 bits per heavy atom. The molecule has 13 heteroatoms. The van der Waals surface area contributed by atoms with Crippen LogP contribution in [0.5, 0.6) is 5.75 Å². The topological polar surface area (TPSA) is 110 Å². The molecule has 0 radical (unpaired) electrons. The lowest BCUT2D eigenvalue weighted by Crippen LogP contribution is -2.36. The molecule has 0 spiro atoms. The highest BCUT2D eigenvalue weighted by Gasteiger charge is 2.40. The average molecular weight is 548 g/mol. The molecule has 1 unspecified atom stereocenters. The zero-order valence-electron chi connectivity index (χ0n) is 21.9. The van der Waals surface area contributed by atoms with E-state index < -0.39 is 18.1 Å². The van der Waals surface area contributed by atoms with E-state index in [-0.39, 0.29) is 25.5 Å². The number of alkyl halides is 3. The van der Waals surface area contributed by atoms with Gasteiger partial charge >= 0.3 is 6.18 Å². The Morgan fingerprint density at radius 1 is 1.23 bits per heavy atom. The molecule has 1 saturated heterocycles. The number of benzene rings is 1. The maximum absolute atomic E-state index is 13.4. The summed E-state index contributed by atoms with van der Waals surface area (Å²) in [4.78, 5) is 11.7. The van der Waals surface area contributed by atoms with Gasteiger partial charge in [-0.2, -0.15) is 13.2 Å². The van der Waals surface area contributed by atoms with Gasteiger partial charge in [-0.25, -0.2) is 9.97 Å². The highest BCUT2D eigenvalue weighted by Crippen LogP contribution is 2.33. The second kappa shape index (κ2) is 11.4. The number of halogens is 3. The van der Waals surface area contributed by atoms with Crippen molar-refractivity contribution in [1.82, 2.24) is 30.0 Å². The Hall–Kier alpha value is -3.29. The van der Waals surface area contributed by atoms with Crippen LogP contribution in [0.1, 0.15) is 29.3 Å². The molecule has 2 N–H and O–H groups in total. The summed E-state index contributed by atoms with van der Waals surface area (Å²) in [6.07, 6.45) is -3.55. The van der Waals surface area contributed by atoms with Crippen molar-refractivity contribution in [3.05, 3.63) is 47.2 Å². The van der Waals surface area contributed by atoms with E-state index in [9.17, 15) is 18.3 Å². The van der Waals surface area contributed by atoms with E-state index in [1.807, 2.05) is 30.0 Å². The number of rotatable bonds is 9. The molecular formula is C26H32F3N7O3. The molecule has 1 aromatic carbocycles. The minimum atomic E-state index is -4.56. The van der Waals surface area contributed by atoms with Crippen LogP contribution in [0, 0.1) is 12.8 Å². The van der Waals surface area contributed by atoms with Gasteiger partial charge in [-0.1, -0.05) is 12.1 Å². The third kappa shape index (κ3) is 6.15. The van der Waals surface area contributed by atoms with Crippen LogP contribution in [0.2, 0.25) is 0 Å². The van der Waals surface area contributed by atoms with E-state index >= 15 is 0 Å². The molecule has 0 saturated carbocycles. The Kier molecular flexibility index (Phi) is 8.01. The van der Waals surface area contributed by atoms with E-state index in [0.717, 1.165) is 34.4 Å². The maximum atomic E-state index is 13.4. The fraction of sp³-hybridized carbons (Fsp3) is 0.538. The van der Waals surface area contributed by atoms with Gasteiger partial charge in [0, 0.05) is 49.7 Å². The minimum Gasteiger partial charge on any atom is -0.491 e. The summed E-state index contributed by atoms with van der Waals surface area (Å²) in [6, 6.07) is 7.35. The van der Waals surface area contributed by atoms with Crippen molar-refractivity contribution in [2.24, 2.45) is 5.92 Å². The maximum Gasteiger partial charge on any atom is 0.451 e. The van der Waals surface area contributed by atoms with Crippen LogP contribution in [-0.4, -0.2) is 75.9 Å². The van der Waals surface area contributed by atoms with Crippen LogP contribution < -0.4 is 15.0 Å². The first-order valence-electron chi connectivity index (χ1n) is 13.0. The van der Waals surface area contributed by atoms with Crippen molar-refractivity contribution >= 4 is 5.82 Å². The number of fused-ring (bicyclic) bond motifs is 1. The van der Waals surface area contributed by atoms with Gasteiger partial charge in [-0.05, 0) is 44.9 Å². The number of hydrogen-bond donors (Lipinski definition) is 2. The van der Waals surface area contributed by atoms with E-state index in [0.29, 0.717) is 49.4 Å². The van der Waals surface area contributed by atoms with Crippen molar-refractivity contribution in [2.75, 3.05) is 44.9 Å².